The highest BCUT2D eigenvalue weighted by Crippen LogP contribution is 2.28. The zero-order valence-electron chi connectivity index (χ0n) is 10.3. The molecular weight excluding hydrogens is 234 g/mol. The van der Waals surface area contributed by atoms with Crippen molar-refractivity contribution in [2.45, 2.75) is 18.9 Å². The third kappa shape index (κ3) is 2.26. The van der Waals surface area contributed by atoms with Gasteiger partial charge in [0.05, 0.1) is 19.8 Å². The lowest BCUT2D eigenvalue weighted by Gasteiger charge is -2.23. The van der Waals surface area contributed by atoms with E-state index in [0.29, 0.717) is 17.9 Å². The van der Waals surface area contributed by atoms with Gasteiger partial charge in [-0.25, -0.2) is 0 Å². The molecule has 1 aromatic rings. The van der Waals surface area contributed by atoms with Gasteiger partial charge in [0.2, 0.25) is 0 Å². The molecule has 1 aromatic carbocycles. The van der Waals surface area contributed by atoms with Crippen molar-refractivity contribution in [1.82, 2.24) is 4.90 Å². The second-order valence-corrected chi connectivity index (χ2v) is 4.36. The highest BCUT2D eigenvalue weighted by Gasteiger charge is 2.29. The standard InChI is InChI=1S/C13H17NO4/c1-18-12-5-4-9(7-11(12)16)13(17)14-6-2-3-10(14)8-15/h4-5,7,10,15-16H,2-3,6,8H2,1H3. The number of likely N-dealkylation sites (tertiary alicyclic amines) is 1. The molecule has 1 unspecified atom stereocenters. The molecule has 2 rings (SSSR count). The first-order valence-electron chi connectivity index (χ1n) is 5.96. The minimum absolute atomic E-state index is 0.0200. The lowest BCUT2D eigenvalue weighted by molar-refractivity contribution is 0.0677. The maximum absolute atomic E-state index is 12.2. The van der Waals surface area contributed by atoms with Crippen LogP contribution in [0.15, 0.2) is 18.2 Å². The SMILES string of the molecule is COc1ccc(C(=O)N2CCCC2CO)cc1O. The number of amides is 1. The van der Waals surface area contributed by atoms with E-state index in [0.717, 1.165) is 12.8 Å². The minimum atomic E-state index is -0.162. The Kier molecular flexibility index (Phi) is 3.72. The van der Waals surface area contributed by atoms with E-state index in [1.54, 1.807) is 17.0 Å². The first-order valence-corrected chi connectivity index (χ1v) is 5.96. The van der Waals surface area contributed by atoms with E-state index >= 15 is 0 Å². The van der Waals surface area contributed by atoms with Crippen LogP contribution < -0.4 is 4.74 Å². The van der Waals surface area contributed by atoms with Crippen molar-refractivity contribution in [1.29, 1.82) is 0 Å². The zero-order chi connectivity index (χ0) is 13.1. The summed E-state index contributed by atoms with van der Waals surface area (Å²) in [7, 11) is 1.46. The number of nitrogens with zero attached hydrogens (tertiary/aromatic N) is 1. The number of carbonyl (C=O) groups excluding carboxylic acids is 1. The summed E-state index contributed by atoms with van der Waals surface area (Å²) < 4.78 is 4.93. The third-order valence-electron chi connectivity index (χ3n) is 3.27. The molecule has 0 saturated carbocycles. The Balaban J connectivity index is 2.21. The Bertz CT molecular complexity index is 447. The average Bonchev–Trinajstić information content (AvgIpc) is 2.86. The average molecular weight is 251 g/mol. The second kappa shape index (κ2) is 5.27. The number of aliphatic hydroxyl groups excluding tert-OH is 1. The fourth-order valence-corrected chi connectivity index (χ4v) is 2.28. The van der Waals surface area contributed by atoms with Crippen molar-refractivity contribution in [3.05, 3.63) is 23.8 Å². The summed E-state index contributed by atoms with van der Waals surface area (Å²) >= 11 is 0. The zero-order valence-corrected chi connectivity index (χ0v) is 10.3. The summed E-state index contributed by atoms with van der Waals surface area (Å²) in [6, 6.07) is 4.47. The van der Waals surface area contributed by atoms with E-state index in [2.05, 4.69) is 0 Å². The summed E-state index contributed by atoms with van der Waals surface area (Å²) in [5.74, 6) is 0.124. The molecule has 0 aliphatic carbocycles. The van der Waals surface area contributed by atoms with Gasteiger partial charge < -0.3 is 19.8 Å². The lowest BCUT2D eigenvalue weighted by Crippen LogP contribution is -2.37. The predicted molar refractivity (Wildman–Crippen MR) is 65.8 cm³/mol. The Morgan fingerprint density at radius 3 is 2.94 bits per heavy atom. The Labute approximate surface area is 106 Å². The molecule has 0 aromatic heterocycles. The fourth-order valence-electron chi connectivity index (χ4n) is 2.28. The van der Waals surface area contributed by atoms with Crippen molar-refractivity contribution in [3.63, 3.8) is 0 Å². The normalized spacial score (nSPS) is 19.0. The van der Waals surface area contributed by atoms with Gasteiger partial charge in [0.1, 0.15) is 0 Å². The van der Waals surface area contributed by atoms with E-state index < -0.39 is 0 Å². The van der Waals surface area contributed by atoms with E-state index in [-0.39, 0.29) is 24.3 Å². The van der Waals surface area contributed by atoms with Crippen molar-refractivity contribution in [3.8, 4) is 11.5 Å². The van der Waals surface area contributed by atoms with Crippen molar-refractivity contribution < 1.29 is 19.7 Å². The molecule has 1 heterocycles. The summed E-state index contributed by atoms with van der Waals surface area (Å²) in [5, 5.41) is 18.9. The number of rotatable bonds is 3. The van der Waals surface area contributed by atoms with Gasteiger partial charge >= 0.3 is 0 Å². The molecule has 1 amide bonds. The van der Waals surface area contributed by atoms with E-state index in [4.69, 9.17) is 4.74 Å². The van der Waals surface area contributed by atoms with E-state index in [1.807, 2.05) is 0 Å². The van der Waals surface area contributed by atoms with E-state index in [9.17, 15) is 15.0 Å². The smallest absolute Gasteiger partial charge is 0.254 e. The van der Waals surface area contributed by atoms with Crippen LogP contribution in [0.3, 0.4) is 0 Å². The lowest BCUT2D eigenvalue weighted by atomic mass is 10.1. The number of aromatic hydroxyl groups is 1. The highest BCUT2D eigenvalue weighted by atomic mass is 16.5. The van der Waals surface area contributed by atoms with Gasteiger partial charge in [0.25, 0.3) is 5.91 Å². The number of aliphatic hydroxyl groups is 1. The molecule has 1 aliphatic rings. The Morgan fingerprint density at radius 2 is 2.33 bits per heavy atom. The van der Waals surface area contributed by atoms with Crippen LogP contribution in [0.1, 0.15) is 23.2 Å². The first-order chi connectivity index (χ1) is 8.67. The van der Waals surface area contributed by atoms with Gasteiger partial charge in [-0.2, -0.15) is 0 Å². The largest absolute Gasteiger partial charge is 0.504 e. The number of hydrogen-bond donors (Lipinski definition) is 2. The highest BCUT2D eigenvalue weighted by molar-refractivity contribution is 5.95. The van der Waals surface area contributed by atoms with Gasteiger partial charge in [0.15, 0.2) is 11.5 Å². The van der Waals surface area contributed by atoms with Gasteiger partial charge in [-0.15, -0.1) is 0 Å². The topological polar surface area (TPSA) is 70.0 Å². The van der Waals surface area contributed by atoms with Gasteiger partial charge in [-0.05, 0) is 31.0 Å². The number of benzene rings is 1. The molecule has 5 nitrogen and oxygen atoms in total. The maximum atomic E-state index is 12.2. The van der Waals surface area contributed by atoms with E-state index in [1.165, 1.54) is 13.2 Å². The number of methoxy groups -OCH3 is 1. The van der Waals surface area contributed by atoms with Crippen LogP contribution in [0.25, 0.3) is 0 Å². The second-order valence-electron chi connectivity index (χ2n) is 4.36. The van der Waals surface area contributed by atoms with Crippen LogP contribution in [0.5, 0.6) is 11.5 Å². The number of ether oxygens (including phenoxy) is 1. The molecule has 1 saturated heterocycles. The molecule has 2 N–H and O–H groups in total. The molecule has 18 heavy (non-hydrogen) atoms. The molecule has 5 heteroatoms. The molecule has 0 bridgehead atoms. The summed E-state index contributed by atoms with van der Waals surface area (Å²) in [6.07, 6.45) is 1.73. The first kappa shape index (κ1) is 12.7. The van der Waals surface area contributed by atoms with Gasteiger partial charge in [0, 0.05) is 12.1 Å². The predicted octanol–water partition coefficient (Wildman–Crippen LogP) is 0.998. The number of carbonyl (C=O) groups is 1. The van der Waals surface area contributed by atoms with Crippen molar-refractivity contribution in [2.75, 3.05) is 20.3 Å². The number of phenolic OH excluding ortho intramolecular Hbond substituents is 1. The molecule has 1 aliphatic heterocycles. The molecule has 0 radical (unpaired) electrons. The molecular formula is C13H17NO4. The fraction of sp³-hybridized carbons (Fsp3) is 0.462. The minimum Gasteiger partial charge on any atom is -0.504 e. The summed E-state index contributed by atoms with van der Waals surface area (Å²) in [4.78, 5) is 13.9. The van der Waals surface area contributed by atoms with Gasteiger partial charge in [-0.1, -0.05) is 0 Å². The van der Waals surface area contributed by atoms with Crippen LogP contribution in [-0.2, 0) is 0 Å². The molecule has 1 atom stereocenters. The monoisotopic (exact) mass is 251 g/mol. The quantitative estimate of drug-likeness (QED) is 0.840. The van der Waals surface area contributed by atoms with Crippen LogP contribution in [-0.4, -0.2) is 47.3 Å². The summed E-state index contributed by atoms with van der Waals surface area (Å²) in [6.45, 7) is 0.630. The van der Waals surface area contributed by atoms with Crippen LogP contribution in [0.4, 0.5) is 0 Å². The summed E-state index contributed by atoms with van der Waals surface area (Å²) in [5.41, 5.74) is 0.411. The maximum Gasteiger partial charge on any atom is 0.254 e. The van der Waals surface area contributed by atoms with Crippen molar-refractivity contribution in [2.24, 2.45) is 0 Å². The Hall–Kier alpha value is -1.75. The van der Waals surface area contributed by atoms with Crippen LogP contribution >= 0.6 is 0 Å². The van der Waals surface area contributed by atoms with Crippen LogP contribution in [0, 0.1) is 0 Å². The third-order valence-corrected chi connectivity index (χ3v) is 3.27. The molecule has 98 valence electrons. The Morgan fingerprint density at radius 1 is 1.56 bits per heavy atom. The number of phenols is 1. The van der Waals surface area contributed by atoms with Crippen molar-refractivity contribution >= 4 is 5.91 Å². The number of hydrogen-bond acceptors (Lipinski definition) is 4. The van der Waals surface area contributed by atoms with Gasteiger partial charge in [-0.3, -0.25) is 4.79 Å². The van der Waals surface area contributed by atoms with Crippen LogP contribution in [0.2, 0.25) is 0 Å². The molecule has 0 spiro atoms. The molecule has 1 fully saturated rings.